The van der Waals surface area contributed by atoms with Crippen LogP contribution in [0.5, 0.6) is 0 Å². The summed E-state index contributed by atoms with van der Waals surface area (Å²) in [6.07, 6.45) is 0.670. The van der Waals surface area contributed by atoms with E-state index in [1.54, 1.807) is 11.3 Å². The Morgan fingerprint density at radius 2 is 2.33 bits per heavy atom. The van der Waals surface area contributed by atoms with E-state index >= 15 is 0 Å². The maximum absolute atomic E-state index is 11.4. The van der Waals surface area contributed by atoms with Gasteiger partial charge in [-0.25, -0.2) is 0 Å². The average molecular weight is 227 g/mol. The van der Waals surface area contributed by atoms with Crippen LogP contribution in [0.1, 0.15) is 25.1 Å². The summed E-state index contributed by atoms with van der Waals surface area (Å²) < 4.78 is 5.10. The van der Waals surface area contributed by atoms with Gasteiger partial charge in [-0.3, -0.25) is 4.79 Å². The second-order valence-corrected chi connectivity index (χ2v) is 4.96. The summed E-state index contributed by atoms with van der Waals surface area (Å²) in [4.78, 5) is 12.5. The van der Waals surface area contributed by atoms with Crippen molar-refractivity contribution in [2.45, 2.75) is 32.9 Å². The lowest BCUT2D eigenvalue weighted by molar-refractivity contribution is -0.146. The van der Waals surface area contributed by atoms with Crippen molar-refractivity contribution in [3.8, 4) is 0 Å². The molecule has 0 radical (unpaired) electrons. The van der Waals surface area contributed by atoms with Crippen LogP contribution in [0.2, 0.25) is 0 Å². The number of hydrogen-bond acceptors (Lipinski definition) is 4. The molecule has 0 aliphatic carbocycles. The Morgan fingerprint density at radius 3 is 2.87 bits per heavy atom. The van der Waals surface area contributed by atoms with Gasteiger partial charge in [0.05, 0.1) is 0 Å². The molecule has 15 heavy (non-hydrogen) atoms. The van der Waals surface area contributed by atoms with E-state index in [4.69, 9.17) is 10.5 Å². The molecule has 0 aliphatic rings. The SMILES string of the molecule is CC(C)C[C@@H](N)C(=O)OCc1cccs1. The summed E-state index contributed by atoms with van der Waals surface area (Å²) >= 11 is 1.57. The molecule has 0 spiro atoms. The summed E-state index contributed by atoms with van der Waals surface area (Å²) in [5.74, 6) is 0.103. The van der Waals surface area contributed by atoms with E-state index in [1.807, 2.05) is 31.4 Å². The molecule has 2 N–H and O–H groups in total. The molecule has 1 atom stereocenters. The van der Waals surface area contributed by atoms with E-state index in [9.17, 15) is 4.79 Å². The number of rotatable bonds is 5. The maximum atomic E-state index is 11.4. The van der Waals surface area contributed by atoms with E-state index in [1.165, 1.54) is 0 Å². The van der Waals surface area contributed by atoms with Crippen LogP contribution < -0.4 is 5.73 Å². The third-order valence-electron chi connectivity index (χ3n) is 1.96. The smallest absolute Gasteiger partial charge is 0.323 e. The van der Waals surface area contributed by atoms with Gasteiger partial charge in [-0.05, 0) is 23.8 Å². The first kappa shape index (κ1) is 12.2. The second kappa shape index (κ2) is 5.88. The Morgan fingerprint density at radius 1 is 1.60 bits per heavy atom. The highest BCUT2D eigenvalue weighted by molar-refractivity contribution is 7.09. The Balaban J connectivity index is 2.29. The van der Waals surface area contributed by atoms with Gasteiger partial charge in [0.15, 0.2) is 0 Å². The highest BCUT2D eigenvalue weighted by atomic mass is 32.1. The molecule has 1 aromatic heterocycles. The zero-order valence-electron chi connectivity index (χ0n) is 9.10. The van der Waals surface area contributed by atoms with Gasteiger partial charge in [0.2, 0.25) is 0 Å². The number of carbonyl (C=O) groups excluding carboxylic acids is 1. The molecule has 0 fully saturated rings. The molecule has 1 heterocycles. The molecular weight excluding hydrogens is 210 g/mol. The molecular formula is C11H17NO2S. The Hall–Kier alpha value is -0.870. The van der Waals surface area contributed by atoms with Crippen LogP contribution in [-0.2, 0) is 16.1 Å². The van der Waals surface area contributed by atoms with E-state index in [-0.39, 0.29) is 5.97 Å². The number of ether oxygens (including phenoxy) is 1. The summed E-state index contributed by atoms with van der Waals surface area (Å²) in [5.41, 5.74) is 5.69. The molecule has 0 unspecified atom stereocenters. The summed E-state index contributed by atoms with van der Waals surface area (Å²) in [7, 11) is 0. The topological polar surface area (TPSA) is 52.3 Å². The number of carbonyl (C=O) groups is 1. The first-order valence-electron chi connectivity index (χ1n) is 5.04. The molecule has 1 rings (SSSR count). The van der Waals surface area contributed by atoms with Crippen LogP contribution in [0.4, 0.5) is 0 Å². The van der Waals surface area contributed by atoms with Gasteiger partial charge in [-0.1, -0.05) is 19.9 Å². The molecule has 84 valence electrons. The first-order valence-corrected chi connectivity index (χ1v) is 5.92. The fourth-order valence-electron chi connectivity index (χ4n) is 1.25. The molecule has 0 saturated heterocycles. The summed E-state index contributed by atoms with van der Waals surface area (Å²) in [6, 6.07) is 3.37. The van der Waals surface area contributed by atoms with Crippen LogP contribution in [0.25, 0.3) is 0 Å². The Kier molecular flexibility index (Phi) is 4.78. The van der Waals surface area contributed by atoms with Crippen LogP contribution in [0.15, 0.2) is 17.5 Å². The third kappa shape index (κ3) is 4.44. The zero-order valence-corrected chi connectivity index (χ0v) is 9.92. The number of hydrogen-bond donors (Lipinski definition) is 1. The number of esters is 1. The number of nitrogens with two attached hydrogens (primary N) is 1. The molecule has 0 aromatic carbocycles. The van der Waals surface area contributed by atoms with E-state index in [0.717, 1.165) is 4.88 Å². The Bertz CT molecular complexity index is 296. The minimum Gasteiger partial charge on any atom is -0.459 e. The van der Waals surface area contributed by atoms with E-state index < -0.39 is 6.04 Å². The van der Waals surface area contributed by atoms with Crippen LogP contribution in [-0.4, -0.2) is 12.0 Å². The molecule has 0 bridgehead atoms. The summed E-state index contributed by atoms with van der Waals surface area (Å²) in [6.45, 7) is 4.40. The van der Waals surface area contributed by atoms with Crippen molar-refractivity contribution in [3.05, 3.63) is 22.4 Å². The standard InChI is InChI=1S/C11H17NO2S/c1-8(2)6-10(12)11(13)14-7-9-4-3-5-15-9/h3-5,8,10H,6-7,12H2,1-2H3/t10-/m1/s1. The fourth-order valence-corrected chi connectivity index (χ4v) is 1.86. The predicted molar refractivity (Wildman–Crippen MR) is 61.5 cm³/mol. The van der Waals surface area contributed by atoms with Crippen LogP contribution in [0, 0.1) is 5.92 Å². The van der Waals surface area contributed by atoms with Crippen LogP contribution in [0.3, 0.4) is 0 Å². The van der Waals surface area contributed by atoms with Gasteiger partial charge in [0, 0.05) is 4.88 Å². The van der Waals surface area contributed by atoms with E-state index in [2.05, 4.69) is 0 Å². The molecule has 0 saturated carbocycles. The highest BCUT2D eigenvalue weighted by Gasteiger charge is 2.16. The largest absolute Gasteiger partial charge is 0.459 e. The maximum Gasteiger partial charge on any atom is 0.323 e. The second-order valence-electron chi connectivity index (χ2n) is 3.92. The lowest BCUT2D eigenvalue weighted by Gasteiger charge is -2.12. The fraction of sp³-hybridized carbons (Fsp3) is 0.545. The monoisotopic (exact) mass is 227 g/mol. The number of thiophene rings is 1. The highest BCUT2D eigenvalue weighted by Crippen LogP contribution is 2.11. The molecule has 4 heteroatoms. The van der Waals surface area contributed by atoms with Gasteiger partial charge < -0.3 is 10.5 Å². The van der Waals surface area contributed by atoms with Crippen molar-refractivity contribution in [1.29, 1.82) is 0 Å². The van der Waals surface area contributed by atoms with Crippen molar-refractivity contribution in [1.82, 2.24) is 0 Å². The normalized spacial score (nSPS) is 12.8. The quantitative estimate of drug-likeness (QED) is 0.784. The lowest BCUT2D eigenvalue weighted by atomic mass is 10.1. The van der Waals surface area contributed by atoms with Crippen LogP contribution >= 0.6 is 11.3 Å². The lowest BCUT2D eigenvalue weighted by Crippen LogP contribution is -2.33. The molecule has 3 nitrogen and oxygen atoms in total. The van der Waals surface area contributed by atoms with Gasteiger partial charge in [-0.15, -0.1) is 11.3 Å². The van der Waals surface area contributed by atoms with Crippen molar-refractivity contribution in [3.63, 3.8) is 0 Å². The van der Waals surface area contributed by atoms with Gasteiger partial charge >= 0.3 is 5.97 Å². The van der Waals surface area contributed by atoms with Gasteiger partial charge in [-0.2, -0.15) is 0 Å². The minimum absolute atomic E-state index is 0.308. The average Bonchev–Trinajstić information content (AvgIpc) is 2.65. The molecule has 0 aliphatic heterocycles. The van der Waals surface area contributed by atoms with Crippen molar-refractivity contribution >= 4 is 17.3 Å². The first-order chi connectivity index (χ1) is 7.09. The molecule has 0 amide bonds. The van der Waals surface area contributed by atoms with Crippen molar-refractivity contribution < 1.29 is 9.53 Å². The molecule has 1 aromatic rings. The predicted octanol–water partition coefficient (Wildman–Crippen LogP) is 2.16. The van der Waals surface area contributed by atoms with Crippen molar-refractivity contribution in [2.75, 3.05) is 0 Å². The van der Waals surface area contributed by atoms with E-state index in [0.29, 0.717) is 18.9 Å². The Labute approximate surface area is 94.2 Å². The third-order valence-corrected chi connectivity index (χ3v) is 2.81. The zero-order chi connectivity index (χ0) is 11.3. The van der Waals surface area contributed by atoms with Crippen molar-refractivity contribution in [2.24, 2.45) is 11.7 Å². The van der Waals surface area contributed by atoms with Gasteiger partial charge in [0.25, 0.3) is 0 Å². The van der Waals surface area contributed by atoms with Gasteiger partial charge in [0.1, 0.15) is 12.6 Å². The summed E-state index contributed by atoms with van der Waals surface area (Å²) in [5, 5.41) is 1.96. The minimum atomic E-state index is -0.495.